The van der Waals surface area contributed by atoms with Gasteiger partial charge in [-0.2, -0.15) is 0 Å². The van der Waals surface area contributed by atoms with Gasteiger partial charge < -0.3 is 9.47 Å². The van der Waals surface area contributed by atoms with Crippen LogP contribution in [0.3, 0.4) is 0 Å². The third-order valence-electron chi connectivity index (χ3n) is 3.89. The Hall–Kier alpha value is -3.02. The first-order valence-corrected chi connectivity index (χ1v) is 8.47. The first-order valence-electron chi connectivity index (χ1n) is 8.47. The summed E-state index contributed by atoms with van der Waals surface area (Å²) in [6.07, 6.45) is -0.752. The fourth-order valence-electron chi connectivity index (χ4n) is 2.21. The highest BCUT2D eigenvalue weighted by molar-refractivity contribution is 5.95. The molecule has 0 aliphatic rings. The molecule has 0 heterocycles. The second-order valence-electron chi connectivity index (χ2n) is 5.91. The van der Waals surface area contributed by atoms with Crippen LogP contribution >= 0.6 is 0 Å². The molecule has 138 valence electrons. The van der Waals surface area contributed by atoms with Gasteiger partial charge in [-0.25, -0.2) is 0 Å². The molecule has 2 N–H and O–H groups in total. The first-order chi connectivity index (χ1) is 12.4. The molecule has 6 heteroatoms. The van der Waals surface area contributed by atoms with Gasteiger partial charge in [-0.15, -0.1) is 0 Å². The van der Waals surface area contributed by atoms with Crippen molar-refractivity contribution in [2.75, 3.05) is 6.61 Å². The Kier molecular flexibility index (Phi) is 6.60. The largest absolute Gasteiger partial charge is 0.494 e. The van der Waals surface area contributed by atoms with E-state index in [2.05, 4.69) is 10.9 Å². The summed E-state index contributed by atoms with van der Waals surface area (Å²) in [5.74, 6) is 0.430. The first kappa shape index (κ1) is 19.3. The second-order valence-corrected chi connectivity index (χ2v) is 5.91. The predicted molar refractivity (Wildman–Crippen MR) is 99.2 cm³/mol. The molecule has 0 aliphatic carbocycles. The van der Waals surface area contributed by atoms with E-state index in [0.717, 1.165) is 11.1 Å². The summed E-state index contributed by atoms with van der Waals surface area (Å²) in [5.41, 5.74) is 7.40. The Labute approximate surface area is 153 Å². The Morgan fingerprint density at radius 3 is 2.23 bits per heavy atom. The molecule has 2 amide bonds. The van der Waals surface area contributed by atoms with Crippen LogP contribution in [0.1, 0.15) is 35.3 Å². The average molecular weight is 356 g/mol. The Morgan fingerprint density at radius 2 is 1.62 bits per heavy atom. The van der Waals surface area contributed by atoms with Crippen LogP contribution < -0.4 is 20.3 Å². The van der Waals surface area contributed by atoms with E-state index < -0.39 is 17.9 Å². The van der Waals surface area contributed by atoms with Crippen LogP contribution in [-0.2, 0) is 4.79 Å². The lowest BCUT2D eigenvalue weighted by Gasteiger charge is -2.16. The fourth-order valence-corrected chi connectivity index (χ4v) is 2.21. The number of ether oxygens (including phenoxy) is 2. The van der Waals surface area contributed by atoms with Gasteiger partial charge in [-0.3, -0.25) is 20.4 Å². The minimum absolute atomic E-state index is 0.413. The van der Waals surface area contributed by atoms with Gasteiger partial charge in [0, 0.05) is 5.56 Å². The van der Waals surface area contributed by atoms with E-state index in [1.165, 1.54) is 0 Å². The predicted octanol–water partition coefficient (Wildman–Crippen LogP) is 2.93. The number of carbonyl (C=O) groups is 2. The minimum atomic E-state index is -0.752. The van der Waals surface area contributed by atoms with Crippen LogP contribution in [0.4, 0.5) is 0 Å². The van der Waals surface area contributed by atoms with E-state index in [0.29, 0.717) is 23.7 Å². The van der Waals surface area contributed by atoms with Crippen molar-refractivity contribution in [2.45, 2.75) is 33.8 Å². The molecule has 0 spiro atoms. The molecule has 2 rings (SSSR count). The summed E-state index contributed by atoms with van der Waals surface area (Å²) in [6, 6.07) is 12.3. The number of aryl methyl sites for hydroxylation is 2. The zero-order chi connectivity index (χ0) is 19.1. The normalized spacial score (nSPS) is 11.4. The van der Waals surface area contributed by atoms with Crippen molar-refractivity contribution in [1.29, 1.82) is 0 Å². The Balaban J connectivity index is 1.86. The Bertz CT molecular complexity index is 772. The number of hydrogen-bond donors (Lipinski definition) is 2. The van der Waals surface area contributed by atoms with Crippen molar-refractivity contribution in [2.24, 2.45) is 0 Å². The molecule has 2 aromatic rings. The van der Waals surface area contributed by atoms with Crippen LogP contribution in [0, 0.1) is 13.8 Å². The summed E-state index contributed by atoms with van der Waals surface area (Å²) in [5, 5.41) is 0. The van der Waals surface area contributed by atoms with Gasteiger partial charge in [-0.05, 0) is 75.2 Å². The lowest BCUT2D eigenvalue weighted by atomic mass is 10.1. The highest BCUT2D eigenvalue weighted by atomic mass is 16.5. The van der Waals surface area contributed by atoms with Crippen LogP contribution in [0.2, 0.25) is 0 Å². The highest BCUT2D eigenvalue weighted by Gasteiger charge is 2.16. The quantitative estimate of drug-likeness (QED) is 0.780. The zero-order valence-corrected chi connectivity index (χ0v) is 15.5. The van der Waals surface area contributed by atoms with Crippen molar-refractivity contribution in [3.05, 3.63) is 59.2 Å². The highest BCUT2D eigenvalue weighted by Crippen LogP contribution is 2.17. The van der Waals surface area contributed by atoms with E-state index in [-0.39, 0.29) is 0 Å². The maximum absolute atomic E-state index is 12.1. The van der Waals surface area contributed by atoms with Gasteiger partial charge in [0.15, 0.2) is 6.10 Å². The standard InChI is InChI=1S/C20H24N2O4/c1-5-25-17-10-7-16(8-11-17)20(24)22-21-19(23)15(4)26-18-9-6-13(2)14(3)12-18/h6-12,15H,5H2,1-4H3,(H,21,23)(H,22,24). The molecule has 0 bridgehead atoms. The van der Waals surface area contributed by atoms with Crippen LogP contribution in [0.15, 0.2) is 42.5 Å². The smallest absolute Gasteiger partial charge is 0.279 e. The molecule has 0 aromatic heterocycles. The van der Waals surface area contributed by atoms with Crippen molar-refractivity contribution in [1.82, 2.24) is 10.9 Å². The van der Waals surface area contributed by atoms with Crippen LogP contribution in [0.5, 0.6) is 11.5 Å². The van der Waals surface area contributed by atoms with Gasteiger partial charge in [0.25, 0.3) is 11.8 Å². The number of nitrogens with one attached hydrogen (secondary N) is 2. The molecular weight excluding hydrogens is 332 g/mol. The molecule has 6 nitrogen and oxygen atoms in total. The monoisotopic (exact) mass is 356 g/mol. The molecule has 0 aliphatic heterocycles. The zero-order valence-electron chi connectivity index (χ0n) is 15.5. The van der Waals surface area contributed by atoms with Gasteiger partial charge in [0.2, 0.25) is 0 Å². The van der Waals surface area contributed by atoms with E-state index in [1.807, 2.05) is 39.0 Å². The lowest BCUT2D eigenvalue weighted by Crippen LogP contribution is -2.47. The van der Waals surface area contributed by atoms with E-state index in [4.69, 9.17) is 9.47 Å². The molecule has 1 atom stereocenters. The molecule has 2 aromatic carbocycles. The molecule has 0 fully saturated rings. The van der Waals surface area contributed by atoms with Crippen molar-refractivity contribution < 1.29 is 19.1 Å². The van der Waals surface area contributed by atoms with Gasteiger partial charge in [0.05, 0.1) is 6.61 Å². The summed E-state index contributed by atoms with van der Waals surface area (Å²) in [4.78, 5) is 24.2. The van der Waals surface area contributed by atoms with Gasteiger partial charge in [0.1, 0.15) is 11.5 Å². The number of carbonyl (C=O) groups excluding carboxylic acids is 2. The molecular formula is C20H24N2O4. The summed E-state index contributed by atoms with van der Waals surface area (Å²) >= 11 is 0. The third kappa shape index (κ3) is 5.24. The number of hydrazine groups is 1. The second kappa shape index (κ2) is 8.89. The average Bonchev–Trinajstić information content (AvgIpc) is 2.63. The number of benzene rings is 2. The fraction of sp³-hybridized carbons (Fsp3) is 0.300. The van der Waals surface area contributed by atoms with Crippen molar-refractivity contribution in [3.8, 4) is 11.5 Å². The molecule has 0 radical (unpaired) electrons. The summed E-state index contributed by atoms with van der Waals surface area (Å²) < 4.78 is 10.9. The third-order valence-corrected chi connectivity index (χ3v) is 3.89. The maximum atomic E-state index is 12.1. The summed E-state index contributed by atoms with van der Waals surface area (Å²) in [7, 11) is 0. The molecule has 26 heavy (non-hydrogen) atoms. The van der Waals surface area contributed by atoms with Crippen LogP contribution in [-0.4, -0.2) is 24.5 Å². The van der Waals surface area contributed by atoms with Crippen molar-refractivity contribution >= 4 is 11.8 Å². The maximum Gasteiger partial charge on any atom is 0.279 e. The lowest BCUT2D eigenvalue weighted by molar-refractivity contribution is -0.128. The van der Waals surface area contributed by atoms with E-state index >= 15 is 0 Å². The van der Waals surface area contributed by atoms with E-state index in [1.54, 1.807) is 31.2 Å². The van der Waals surface area contributed by atoms with Crippen LogP contribution in [0.25, 0.3) is 0 Å². The molecule has 1 unspecified atom stereocenters. The van der Waals surface area contributed by atoms with Gasteiger partial charge in [-0.1, -0.05) is 6.07 Å². The number of rotatable bonds is 6. The summed E-state index contributed by atoms with van der Waals surface area (Å²) in [6.45, 7) is 8.04. The minimum Gasteiger partial charge on any atom is -0.494 e. The number of amides is 2. The SMILES string of the molecule is CCOc1ccc(C(=O)NNC(=O)C(C)Oc2ccc(C)c(C)c2)cc1. The van der Waals surface area contributed by atoms with Gasteiger partial charge >= 0.3 is 0 Å². The van der Waals surface area contributed by atoms with E-state index in [9.17, 15) is 9.59 Å². The van der Waals surface area contributed by atoms with Crippen molar-refractivity contribution in [3.63, 3.8) is 0 Å². The molecule has 0 saturated heterocycles. The topological polar surface area (TPSA) is 76.7 Å². The molecule has 0 saturated carbocycles. The number of hydrogen-bond acceptors (Lipinski definition) is 4. The Morgan fingerprint density at radius 1 is 0.962 bits per heavy atom.